The van der Waals surface area contributed by atoms with Crippen molar-refractivity contribution in [2.75, 3.05) is 12.4 Å². The first-order valence-electron chi connectivity index (χ1n) is 4.96. The van der Waals surface area contributed by atoms with Crippen LogP contribution in [0.15, 0.2) is 16.3 Å². The fourth-order valence-electron chi connectivity index (χ4n) is 1.45. The Morgan fingerprint density at radius 2 is 2.31 bits per heavy atom. The maximum absolute atomic E-state index is 11.9. The van der Waals surface area contributed by atoms with Crippen LogP contribution >= 0.6 is 0 Å². The van der Waals surface area contributed by atoms with Crippen LogP contribution in [0.5, 0.6) is 0 Å². The van der Waals surface area contributed by atoms with Gasteiger partial charge in [-0.25, -0.2) is 8.42 Å². The minimum Gasteiger partial charge on any atom is -0.395 e. The quantitative estimate of drug-likeness (QED) is 0.776. The molecule has 0 aliphatic carbocycles. The van der Waals surface area contributed by atoms with E-state index in [2.05, 4.69) is 10.6 Å². The number of rotatable bonds is 3. The molecule has 16 heavy (non-hydrogen) atoms. The van der Waals surface area contributed by atoms with Crippen LogP contribution in [0, 0.1) is 0 Å². The van der Waals surface area contributed by atoms with Crippen molar-refractivity contribution in [2.24, 2.45) is 5.16 Å². The van der Waals surface area contributed by atoms with Gasteiger partial charge in [-0.1, -0.05) is 5.16 Å². The molecule has 0 amide bonds. The van der Waals surface area contributed by atoms with Crippen molar-refractivity contribution in [3.05, 3.63) is 11.1 Å². The number of hydroxylamine groups is 1. The standard InChI is InChI=1S/C9H14N2O4S/c1-9(2)5-8(11-15-9)16(12,13)6-7-3-4-14-10-7/h5,11H,3-4,6H2,1-2H3. The minimum absolute atomic E-state index is 0.104. The van der Waals surface area contributed by atoms with Crippen molar-refractivity contribution in [2.45, 2.75) is 25.9 Å². The van der Waals surface area contributed by atoms with Gasteiger partial charge in [-0.05, 0) is 19.9 Å². The maximum Gasteiger partial charge on any atom is 0.200 e. The molecule has 0 saturated carbocycles. The third-order valence-corrected chi connectivity index (χ3v) is 3.85. The Kier molecular flexibility index (Phi) is 2.67. The summed E-state index contributed by atoms with van der Waals surface area (Å²) in [7, 11) is -3.40. The molecule has 0 aromatic rings. The smallest absolute Gasteiger partial charge is 0.200 e. The number of sulfone groups is 1. The summed E-state index contributed by atoms with van der Waals surface area (Å²) in [4.78, 5) is 9.87. The van der Waals surface area contributed by atoms with E-state index in [1.54, 1.807) is 19.9 Å². The molecule has 0 fully saturated rings. The Morgan fingerprint density at radius 3 is 2.81 bits per heavy atom. The summed E-state index contributed by atoms with van der Waals surface area (Å²) in [5, 5.41) is 3.77. The second-order valence-electron chi connectivity index (χ2n) is 4.32. The molecule has 2 aliphatic rings. The lowest BCUT2D eigenvalue weighted by atomic mass is 10.1. The number of hydrogen-bond donors (Lipinski definition) is 1. The van der Waals surface area contributed by atoms with Crippen LogP contribution in [-0.4, -0.2) is 32.1 Å². The largest absolute Gasteiger partial charge is 0.395 e. The molecular weight excluding hydrogens is 232 g/mol. The fraction of sp³-hybridized carbons (Fsp3) is 0.667. The number of hydrogen-bond acceptors (Lipinski definition) is 6. The van der Waals surface area contributed by atoms with Gasteiger partial charge in [0.15, 0.2) is 5.03 Å². The highest BCUT2D eigenvalue weighted by atomic mass is 32.2. The first-order valence-corrected chi connectivity index (χ1v) is 6.62. The van der Waals surface area contributed by atoms with Crippen LogP contribution in [0.3, 0.4) is 0 Å². The van der Waals surface area contributed by atoms with Gasteiger partial charge in [-0.2, -0.15) is 0 Å². The van der Waals surface area contributed by atoms with E-state index in [0.29, 0.717) is 18.7 Å². The Labute approximate surface area is 94.2 Å². The molecule has 1 N–H and O–H groups in total. The molecule has 0 bridgehead atoms. The van der Waals surface area contributed by atoms with Gasteiger partial charge >= 0.3 is 0 Å². The van der Waals surface area contributed by atoms with Gasteiger partial charge in [-0.15, -0.1) is 0 Å². The van der Waals surface area contributed by atoms with Crippen LogP contribution in [-0.2, 0) is 19.5 Å². The molecule has 6 nitrogen and oxygen atoms in total. The first kappa shape index (κ1) is 11.4. The average molecular weight is 246 g/mol. The van der Waals surface area contributed by atoms with E-state index in [4.69, 9.17) is 9.68 Å². The predicted molar refractivity (Wildman–Crippen MR) is 58.2 cm³/mol. The molecule has 0 radical (unpaired) electrons. The van der Waals surface area contributed by atoms with E-state index in [-0.39, 0.29) is 10.8 Å². The normalized spacial score (nSPS) is 23.4. The highest BCUT2D eigenvalue weighted by molar-refractivity contribution is 7.95. The molecule has 0 unspecified atom stereocenters. The lowest BCUT2D eigenvalue weighted by Crippen LogP contribution is -2.24. The Hall–Kier alpha value is -1.08. The monoisotopic (exact) mass is 246 g/mol. The lowest BCUT2D eigenvalue weighted by Gasteiger charge is -2.11. The zero-order chi connectivity index (χ0) is 11.8. The van der Waals surface area contributed by atoms with Gasteiger partial charge in [-0.3, -0.25) is 10.3 Å². The zero-order valence-electron chi connectivity index (χ0n) is 9.19. The van der Waals surface area contributed by atoms with Crippen LogP contribution in [0.4, 0.5) is 0 Å². The van der Waals surface area contributed by atoms with Crippen molar-refractivity contribution < 1.29 is 18.1 Å². The van der Waals surface area contributed by atoms with Crippen LogP contribution in [0.1, 0.15) is 20.3 Å². The van der Waals surface area contributed by atoms with Crippen molar-refractivity contribution in [3.63, 3.8) is 0 Å². The predicted octanol–water partition coefficient (Wildman–Crippen LogP) is 0.332. The third-order valence-electron chi connectivity index (χ3n) is 2.26. The highest BCUT2D eigenvalue weighted by Gasteiger charge is 2.32. The number of nitrogens with one attached hydrogen (secondary N) is 1. The maximum atomic E-state index is 11.9. The minimum atomic E-state index is -3.40. The Bertz CT molecular complexity index is 450. The van der Waals surface area contributed by atoms with E-state index in [9.17, 15) is 8.42 Å². The van der Waals surface area contributed by atoms with Gasteiger partial charge in [0.1, 0.15) is 12.2 Å². The summed E-state index contributed by atoms with van der Waals surface area (Å²) < 4.78 is 23.9. The van der Waals surface area contributed by atoms with E-state index >= 15 is 0 Å². The molecule has 0 saturated heterocycles. The number of oxime groups is 1. The van der Waals surface area contributed by atoms with E-state index in [0.717, 1.165) is 0 Å². The summed E-state index contributed by atoms with van der Waals surface area (Å²) in [5.41, 5.74) is 2.39. The Balaban J connectivity index is 2.14. The summed E-state index contributed by atoms with van der Waals surface area (Å²) >= 11 is 0. The summed E-state index contributed by atoms with van der Waals surface area (Å²) in [6.07, 6.45) is 2.12. The second-order valence-corrected chi connectivity index (χ2v) is 6.27. The topological polar surface area (TPSA) is 77.0 Å². The highest BCUT2D eigenvalue weighted by Crippen LogP contribution is 2.22. The molecule has 7 heteroatoms. The number of nitrogens with zero attached hydrogens (tertiary/aromatic N) is 1. The van der Waals surface area contributed by atoms with Gasteiger partial charge in [0.25, 0.3) is 0 Å². The van der Waals surface area contributed by atoms with Crippen LogP contribution in [0.2, 0.25) is 0 Å². The zero-order valence-corrected chi connectivity index (χ0v) is 10.0. The first-order chi connectivity index (χ1) is 7.39. The van der Waals surface area contributed by atoms with Crippen molar-refractivity contribution in [1.29, 1.82) is 0 Å². The third kappa shape index (κ3) is 2.35. The molecule has 2 aliphatic heterocycles. The molecule has 2 heterocycles. The second kappa shape index (κ2) is 3.74. The fourth-order valence-corrected chi connectivity index (χ4v) is 2.87. The summed E-state index contributed by atoms with van der Waals surface area (Å²) in [6.45, 7) is 4.01. The van der Waals surface area contributed by atoms with Gasteiger partial charge in [0, 0.05) is 6.42 Å². The molecule has 90 valence electrons. The van der Waals surface area contributed by atoms with Gasteiger partial charge in [0.2, 0.25) is 9.84 Å². The van der Waals surface area contributed by atoms with E-state index in [1.165, 1.54) is 0 Å². The van der Waals surface area contributed by atoms with Gasteiger partial charge < -0.3 is 4.84 Å². The van der Waals surface area contributed by atoms with E-state index < -0.39 is 15.4 Å². The van der Waals surface area contributed by atoms with Crippen molar-refractivity contribution >= 4 is 15.5 Å². The average Bonchev–Trinajstić information content (AvgIpc) is 2.74. The van der Waals surface area contributed by atoms with Crippen molar-refractivity contribution in [3.8, 4) is 0 Å². The molecular formula is C9H14N2O4S. The molecule has 0 aromatic carbocycles. The Morgan fingerprint density at radius 1 is 1.56 bits per heavy atom. The summed E-state index contributed by atoms with van der Waals surface area (Å²) in [6, 6.07) is 0. The SMILES string of the molecule is CC1(C)C=C(S(=O)(=O)CC2=NOCC2)NO1. The summed E-state index contributed by atoms with van der Waals surface area (Å²) in [5.74, 6) is -0.120. The van der Waals surface area contributed by atoms with Crippen molar-refractivity contribution in [1.82, 2.24) is 5.48 Å². The van der Waals surface area contributed by atoms with Crippen LogP contribution in [0.25, 0.3) is 0 Å². The molecule has 2 rings (SSSR count). The van der Waals surface area contributed by atoms with E-state index in [1.807, 2.05) is 0 Å². The lowest BCUT2D eigenvalue weighted by molar-refractivity contribution is -0.0129. The molecule has 0 spiro atoms. The van der Waals surface area contributed by atoms with Gasteiger partial charge in [0.05, 0.1) is 11.5 Å². The van der Waals surface area contributed by atoms with Crippen LogP contribution < -0.4 is 5.48 Å². The molecule has 0 aromatic heterocycles. The molecule has 0 atom stereocenters.